The lowest BCUT2D eigenvalue weighted by Gasteiger charge is -2.25. The van der Waals surface area contributed by atoms with Gasteiger partial charge >= 0.3 is 0 Å². The molecule has 2 aromatic rings. The Morgan fingerprint density at radius 3 is 2.84 bits per heavy atom. The van der Waals surface area contributed by atoms with Crippen LogP contribution in [0.4, 0.5) is 5.69 Å². The van der Waals surface area contributed by atoms with Gasteiger partial charge in [-0.05, 0) is 43.1 Å². The van der Waals surface area contributed by atoms with E-state index in [2.05, 4.69) is 34.5 Å². The molecule has 1 amide bonds. The van der Waals surface area contributed by atoms with Crippen molar-refractivity contribution in [3.05, 3.63) is 53.6 Å². The van der Waals surface area contributed by atoms with Gasteiger partial charge in [-0.15, -0.1) is 0 Å². The number of likely N-dealkylation sites (N-methyl/N-ethyl adjacent to an activating group) is 1. The van der Waals surface area contributed by atoms with Crippen LogP contribution in [0.1, 0.15) is 23.6 Å². The Balaban J connectivity index is 1.39. The van der Waals surface area contributed by atoms with E-state index in [4.69, 9.17) is 9.47 Å². The molecule has 1 aliphatic heterocycles. The Labute approximate surface area is 147 Å². The van der Waals surface area contributed by atoms with Crippen LogP contribution in [0.25, 0.3) is 0 Å². The first-order valence-electron chi connectivity index (χ1n) is 8.68. The van der Waals surface area contributed by atoms with Crippen LogP contribution in [0.2, 0.25) is 0 Å². The number of nitrogens with one attached hydrogen (secondary N) is 1. The summed E-state index contributed by atoms with van der Waals surface area (Å²) in [5, 5.41) is 2.95. The van der Waals surface area contributed by atoms with E-state index in [0.717, 1.165) is 24.3 Å². The average molecular weight is 338 g/mol. The van der Waals surface area contributed by atoms with Gasteiger partial charge in [0, 0.05) is 17.8 Å². The highest BCUT2D eigenvalue weighted by molar-refractivity contribution is 5.92. The van der Waals surface area contributed by atoms with Crippen LogP contribution in [0, 0.1) is 0 Å². The summed E-state index contributed by atoms with van der Waals surface area (Å²) in [7, 11) is 2.01. The van der Waals surface area contributed by atoms with Gasteiger partial charge < -0.3 is 14.8 Å². The summed E-state index contributed by atoms with van der Waals surface area (Å²) in [5.41, 5.74) is 3.47. The molecular weight excluding hydrogens is 316 g/mol. The molecule has 1 atom stereocenters. The standard InChI is InChI=1S/C20H22N2O3/c1-22(17-8-6-14-4-2-3-5-16(14)17)13-20(23)21-15-7-9-18-19(12-15)25-11-10-24-18/h2-5,7,9,12,17H,6,8,10-11,13H2,1H3,(H,21,23). The van der Waals surface area contributed by atoms with Crippen molar-refractivity contribution >= 4 is 11.6 Å². The maximum Gasteiger partial charge on any atom is 0.238 e. The van der Waals surface area contributed by atoms with Gasteiger partial charge in [0.15, 0.2) is 11.5 Å². The first-order chi connectivity index (χ1) is 12.2. The number of nitrogens with zero attached hydrogens (tertiary/aromatic N) is 1. The predicted molar refractivity (Wildman–Crippen MR) is 96.2 cm³/mol. The molecular formula is C20H22N2O3. The molecule has 1 heterocycles. The molecule has 0 aromatic heterocycles. The maximum absolute atomic E-state index is 12.4. The molecule has 1 aliphatic carbocycles. The monoisotopic (exact) mass is 338 g/mol. The smallest absolute Gasteiger partial charge is 0.238 e. The first kappa shape index (κ1) is 16.0. The summed E-state index contributed by atoms with van der Waals surface area (Å²) < 4.78 is 11.1. The summed E-state index contributed by atoms with van der Waals surface area (Å²) in [6, 6.07) is 14.3. The van der Waals surface area contributed by atoms with E-state index >= 15 is 0 Å². The summed E-state index contributed by atoms with van der Waals surface area (Å²) in [6.07, 6.45) is 2.14. The fraction of sp³-hybridized carbons (Fsp3) is 0.350. The van der Waals surface area contributed by atoms with Crippen molar-refractivity contribution in [2.45, 2.75) is 18.9 Å². The molecule has 2 aliphatic rings. The van der Waals surface area contributed by atoms with Crippen LogP contribution in [-0.4, -0.2) is 37.6 Å². The third-order valence-electron chi connectivity index (χ3n) is 4.85. The normalized spacial score (nSPS) is 18.1. The van der Waals surface area contributed by atoms with Gasteiger partial charge in [-0.25, -0.2) is 0 Å². The molecule has 4 rings (SSSR count). The lowest BCUT2D eigenvalue weighted by molar-refractivity contribution is -0.117. The van der Waals surface area contributed by atoms with E-state index in [-0.39, 0.29) is 5.91 Å². The van der Waals surface area contributed by atoms with E-state index < -0.39 is 0 Å². The van der Waals surface area contributed by atoms with E-state index in [0.29, 0.717) is 31.5 Å². The van der Waals surface area contributed by atoms with Crippen molar-refractivity contribution < 1.29 is 14.3 Å². The Morgan fingerprint density at radius 1 is 1.16 bits per heavy atom. The number of rotatable bonds is 4. The zero-order valence-corrected chi connectivity index (χ0v) is 14.3. The number of carbonyl (C=O) groups is 1. The molecule has 0 fully saturated rings. The van der Waals surface area contributed by atoms with Crippen LogP contribution in [-0.2, 0) is 11.2 Å². The van der Waals surface area contributed by atoms with Gasteiger partial charge in [-0.1, -0.05) is 24.3 Å². The number of fused-ring (bicyclic) bond motifs is 2. The van der Waals surface area contributed by atoms with Crippen molar-refractivity contribution in [3.8, 4) is 11.5 Å². The predicted octanol–water partition coefficient (Wildman–Crippen LogP) is 3.02. The minimum Gasteiger partial charge on any atom is -0.486 e. The summed E-state index contributed by atoms with van der Waals surface area (Å²) in [4.78, 5) is 14.6. The second kappa shape index (κ2) is 6.76. The molecule has 0 bridgehead atoms. The second-order valence-corrected chi connectivity index (χ2v) is 6.58. The summed E-state index contributed by atoms with van der Waals surface area (Å²) >= 11 is 0. The molecule has 130 valence electrons. The van der Waals surface area contributed by atoms with Crippen molar-refractivity contribution in [1.82, 2.24) is 4.90 Å². The number of hydrogen-bond donors (Lipinski definition) is 1. The third kappa shape index (κ3) is 3.33. The zero-order chi connectivity index (χ0) is 17.2. The highest BCUT2D eigenvalue weighted by Crippen LogP contribution is 2.35. The molecule has 0 saturated carbocycles. The molecule has 5 nitrogen and oxygen atoms in total. The van der Waals surface area contributed by atoms with Gasteiger partial charge in [0.2, 0.25) is 5.91 Å². The van der Waals surface area contributed by atoms with E-state index in [1.165, 1.54) is 11.1 Å². The van der Waals surface area contributed by atoms with Gasteiger partial charge in [0.05, 0.1) is 6.54 Å². The van der Waals surface area contributed by atoms with Crippen LogP contribution in [0.15, 0.2) is 42.5 Å². The summed E-state index contributed by atoms with van der Waals surface area (Å²) in [5.74, 6) is 1.38. The Bertz CT molecular complexity index is 790. The Hall–Kier alpha value is -2.53. The number of ether oxygens (including phenoxy) is 2. The van der Waals surface area contributed by atoms with Gasteiger partial charge in [0.1, 0.15) is 13.2 Å². The van der Waals surface area contributed by atoms with Crippen LogP contribution >= 0.6 is 0 Å². The topological polar surface area (TPSA) is 50.8 Å². The lowest BCUT2D eigenvalue weighted by atomic mass is 10.1. The number of hydrogen-bond acceptors (Lipinski definition) is 4. The quantitative estimate of drug-likeness (QED) is 0.931. The van der Waals surface area contributed by atoms with Crippen LogP contribution in [0.5, 0.6) is 11.5 Å². The van der Waals surface area contributed by atoms with E-state index in [1.54, 1.807) is 0 Å². The van der Waals surface area contributed by atoms with E-state index in [9.17, 15) is 4.79 Å². The van der Waals surface area contributed by atoms with Crippen LogP contribution < -0.4 is 14.8 Å². The molecule has 0 spiro atoms. The minimum atomic E-state index is -0.0245. The second-order valence-electron chi connectivity index (χ2n) is 6.58. The molecule has 1 N–H and O–H groups in total. The van der Waals surface area contributed by atoms with Crippen LogP contribution in [0.3, 0.4) is 0 Å². The first-order valence-corrected chi connectivity index (χ1v) is 8.68. The highest BCUT2D eigenvalue weighted by Gasteiger charge is 2.26. The molecule has 25 heavy (non-hydrogen) atoms. The number of anilines is 1. The molecule has 5 heteroatoms. The van der Waals surface area contributed by atoms with Crippen molar-refractivity contribution in [3.63, 3.8) is 0 Å². The number of benzene rings is 2. The van der Waals surface area contributed by atoms with Crippen molar-refractivity contribution in [1.29, 1.82) is 0 Å². The van der Waals surface area contributed by atoms with Gasteiger partial charge in [-0.3, -0.25) is 9.69 Å². The van der Waals surface area contributed by atoms with E-state index in [1.807, 2.05) is 25.2 Å². The zero-order valence-electron chi connectivity index (χ0n) is 14.3. The summed E-state index contributed by atoms with van der Waals surface area (Å²) in [6.45, 7) is 1.45. The lowest BCUT2D eigenvalue weighted by Crippen LogP contribution is -2.32. The molecule has 0 radical (unpaired) electrons. The fourth-order valence-corrected chi connectivity index (χ4v) is 3.65. The molecule has 2 aromatic carbocycles. The third-order valence-corrected chi connectivity index (χ3v) is 4.85. The van der Waals surface area contributed by atoms with Crippen molar-refractivity contribution in [2.24, 2.45) is 0 Å². The number of carbonyl (C=O) groups excluding carboxylic acids is 1. The number of amides is 1. The Kier molecular flexibility index (Phi) is 4.32. The maximum atomic E-state index is 12.4. The molecule has 0 saturated heterocycles. The highest BCUT2D eigenvalue weighted by atomic mass is 16.6. The van der Waals surface area contributed by atoms with Gasteiger partial charge in [0.25, 0.3) is 0 Å². The minimum absolute atomic E-state index is 0.0245. The molecule has 1 unspecified atom stereocenters. The average Bonchev–Trinajstić information content (AvgIpc) is 3.05. The number of aryl methyl sites for hydroxylation is 1. The fourth-order valence-electron chi connectivity index (χ4n) is 3.65. The van der Waals surface area contributed by atoms with Gasteiger partial charge in [-0.2, -0.15) is 0 Å². The Morgan fingerprint density at radius 2 is 1.96 bits per heavy atom. The van der Waals surface area contributed by atoms with Crippen molar-refractivity contribution in [2.75, 3.05) is 32.1 Å². The SMILES string of the molecule is CN(CC(=O)Nc1ccc2c(c1)OCCO2)C1CCc2ccccc21. The largest absolute Gasteiger partial charge is 0.486 e.